The number of non-ortho nitro benzene ring substituents is 2. The summed E-state index contributed by atoms with van der Waals surface area (Å²) in [5.41, 5.74) is -1.39. The van der Waals surface area contributed by atoms with Gasteiger partial charge in [0.15, 0.2) is 0 Å². The van der Waals surface area contributed by atoms with Crippen molar-refractivity contribution in [3.05, 3.63) is 74.3 Å². The summed E-state index contributed by atoms with van der Waals surface area (Å²) in [6, 6.07) is 10.2. The molecular weight excluding hydrogens is 334 g/mol. The number of nitrogens with zero attached hydrogens (tertiary/aromatic N) is 3. The maximum atomic E-state index is 12.6. The van der Waals surface area contributed by atoms with E-state index < -0.39 is 39.6 Å². The zero-order chi connectivity index (χ0) is 18.6. The Kier molecular flexibility index (Phi) is 5.03. The maximum absolute atomic E-state index is 12.6. The first-order valence-corrected chi connectivity index (χ1v) is 6.82. The lowest BCUT2D eigenvalue weighted by molar-refractivity contribution is -0.394. The first-order chi connectivity index (χ1) is 11.8. The van der Waals surface area contributed by atoms with E-state index in [9.17, 15) is 29.8 Å². The number of anilines is 1. The van der Waals surface area contributed by atoms with Crippen molar-refractivity contribution in [1.82, 2.24) is 0 Å². The fraction of sp³-hybridized carbons (Fsp3) is 0.0667. The normalized spacial score (nSPS) is 10.1. The van der Waals surface area contributed by atoms with Gasteiger partial charge in [0.25, 0.3) is 17.3 Å². The predicted molar refractivity (Wildman–Crippen MR) is 85.5 cm³/mol. The molecule has 2 aromatic carbocycles. The van der Waals surface area contributed by atoms with E-state index in [-0.39, 0.29) is 11.3 Å². The fourth-order valence-corrected chi connectivity index (χ4v) is 2.11. The predicted octanol–water partition coefficient (Wildman–Crippen LogP) is 2.23. The summed E-state index contributed by atoms with van der Waals surface area (Å²) >= 11 is 0. The van der Waals surface area contributed by atoms with E-state index in [2.05, 4.69) is 0 Å². The van der Waals surface area contributed by atoms with E-state index in [4.69, 9.17) is 5.11 Å². The van der Waals surface area contributed by atoms with Crippen molar-refractivity contribution in [2.75, 3.05) is 11.4 Å². The summed E-state index contributed by atoms with van der Waals surface area (Å²) in [4.78, 5) is 44.7. The van der Waals surface area contributed by atoms with Crippen molar-refractivity contribution in [2.24, 2.45) is 0 Å². The van der Waals surface area contributed by atoms with Crippen molar-refractivity contribution in [3.63, 3.8) is 0 Å². The fourth-order valence-electron chi connectivity index (χ4n) is 2.11. The molecule has 0 aliphatic rings. The monoisotopic (exact) mass is 345 g/mol. The van der Waals surface area contributed by atoms with Crippen LogP contribution in [-0.2, 0) is 4.79 Å². The van der Waals surface area contributed by atoms with Crippen LogP contribution in [0.3, 0.4) is 0 Å². The molecule has 0 heterocycles. The minimum Gasteiger partial charge on any atom is -0.480 e. The molecule has 25 heavy (non-hydrogen) atoms. The largest absolute Gasteiger partial charge is 0.480 e. The lowest BCUT2D eigenvalue weighted by atomic mass is 10.1. The zero-order valence-electron chi connectivity index (χ0n) is 12.6. The number of amides is 1. The van der Waals surface area contributed by atoms with Crippen LogP contribution in [0.1, 0.15) is 10.4 Å². The molecule has 10 nitrogen and oxygen atoms in total. The van der Waals surface area contributed by atoms with Crippen LogP contribution in [0.15, 0.2) is 48.5 Å². The molecular formula is C15H11N3O7. The summed E-state index contributed by atoms with van der Waals surface area (Å²) in [6.45, 7) is -0.709. The van der Waals surface area contributed by atoms with E-state index in [1.165, 1.54) is 12.1 Å². The lowest BCUT2D eigenvalue weighted by Gasteiger charge is -2.20. The smallest absolute Gasteiger partial charge is 0.323 e. The van der Waals surface area contributed by atoms with E-state index in [1.807, 2.05) is 0 Å². The Balaban J connectivity index is 2.53. The van der Waals surface area contributed by atoms with Crippen molar-refractivity contribution in [3.8, 4) is 0 Å². The standard InChI is InChI=1S/C15H11N3O7/c19-14(20)9-16(11-4-2-1-3-5-11)15(21)10-6-12(17(22)23)8-13(7-10)18(24)25/h1-8H,9H2,(H,19,20). The highest BCUT2D eigenvalue weighted by Crippen LogP contribution is 2.25. The second kappa shape index (κ2) is 7.17. The zero-order valence-corrected chi connectivity index (χ0v) is 12.6. The molecule has 0 aliphatic carbocycles. The van der Waals surface area contributed by atoms with Gasteiger partial charge in [-0.1, -0.05) is 18.2 Å². The molecule has 0 fully saturated rings. The molecule has 0 bridgehead atoms. The Morgan fingerprint density at radius 1 is 0.960 bits per heavy atom. The molecule has 0 aliphatic heterocycles. The number of rotatable bonds is 6. The number of hydrogen-bond donors (Lipinski definition) is 1. The molecule has 0 unspecified atom stereocenters. The van der Waals surface area contributed by atoms with Crippen molar-refractivity contribution < 1.29 is 24.5 Å². The van der Waals surface area contributed by atoms with Crippen LogP contribution in [0.5, 0.6) is 0 Å². The van der Waals surface area contributed by atoms with E-state index in [0.29, 0.717) is 0 Å². The third kappa shape index (κ3) is 4.13. The minimum absolute atomic E-state index is 0.240. The van der Waals surface area contributed by atoms with Gasteiger partial charge < -0.3 is 5.11 Å². The number of carbonyl (C=O) groups is 2. The van der Waals surface area contributed by atoms with Crippen LogP contribution in [0, 0.1) is 20.2 Å². The van der Waals surface area contributed by atoms with Gasteiger partial charge in [-0.3, -0.25) is 34.7 Å². The minimum atomic E-state index is -1.31. The Labute approximate surface area is 140 Å². The number of hydrogen-bond acceptors (Lipinski definition) is 6. The quantitative estimate of drug-likeness (QED) is 0.624. The van der Waals surface area contributed by atoms with Crippen LogP contribution in [0.25, 0.3) is 0 Å². The van der Waals surface area contributed by atoms with Gasteiger partial charge in [-0.25, -0.2) is 0 Å². The second-order valence-electron chi connectivity index (χ2n) is 4.87. The Morgan fingerprint density at radius 3 is 1.92 bits per heavy atom. The Hall–Kier alpha value is -3.82. The maximum Gasteiger partial charge on any atom is 0.323 e. The highest BCUT2D eigenvalue weighted by molar-refractivity contribution is 6.08. The Bertz CT molecular complexity index is 819. The number of carboxylic acids is 1. The van der Waals surface area contributed by atoms with Crippen LogP contribution in [-0.4, -0.2) is 33.4 Å². The molecule has 2 rings (SSSR count). The lowest BCUT2D eigenvalue weighted by Crippen LogP contribution is -2.35. The molecule has 10 heteroatoms. The SMILES string of the molecule is O=C(O)CN(C(=O)c1cc([N+](=O)[O-])cc([N+](=O)[O-])c1)c1ccccc1. The number of benzene rings is 2. The Morgan fingerprint density at radius 2 is 1.48 bits per heavy atom. The first kappa shape index (κ1) is 17.5. The number of carbonyl (C=O) groups excluding carboxylic acids is 1. The number of para-hydroxylation sites is 1. The third-order valence-corrected chi connectivity index (χ3v) is 3.18. The van der Waals surface area contributed by atoms with Gasteiger partial charge in [0.05, 0.1) is 21.5 Å². The summed E-state index contributed by atoms with van der Waals surface area (Å²) in [5, 5.41) is 30.9. The van der Waals surface area contributed by atoms with Crippen LogP contribution < -0.4 is 4.90 Å². The molecule has 0 aromatic heterocycles. The van der Waals surface area contributed by atoms with E-state index in [1.54, 1.807) is 18.2 Å². The number of nitro benzene ring substituents is 2. The molecule has 128 valence electrons. The van der Waals surface area contributed by atoms with Gasteiger partial charge in [0, 0.05) is 17.8 Å². The van der Waals surface area contributed by atoms with Gasteiger partial charge in [0.2, 0.25) is 0 Å². The summed E-state index contributed by atoms with van der Waals surface area (Å²) in [6.07, 6.45) is 0. The highest BCUT2D eigenvalue weighted by atomic mass is 16.6. The number of carboxylic acid groups (broad SMARTS) is 1. The molecule has 1 amide bonds. The summed E-state index contributed by atoms with van der Waals surface area (Å²) in [7, 11) is 0. The van der Waals surface area contributed by atoms with E-state index >= 15 is 0 Å². The summed E-state index contributed by atoms with van der Waals surface area (Å²) in [5.74, 6) is -2.21. The van der Waals surface area contributed by atoms with Gasteiger partial charge in [-0.15, -0.1) is 0 Å². The number of nitro groups is 2. The molecule has 0 saturated carbocycles. The average molecular weight is 345 g/mol. The molecule has 1 N–H and O–H groups in total. The third-order valence-electron chi connectivity index (χ3n) is 3.18. The number of aliphatic carboxylic acids is 1. The molecule has 2 aromatic rings. The van der Waals surface area contributed by atoms with Gasteiger partial charge in [-0.05, 0) is 12.1 Å². The molecule has 0 atom stereocenters. The van der Waals surface area contributed by atoms with Gasteiger partial charge in [-0.2, -0.15) is 0 Å². The van der Waals surface area contributed by atoms with Crippen LogP contribution >= 0.6 is 0 Å². The van der Waals surface area contributed by atoms with Crippen LogP contribution in [0.2, 0.25) is 0 Å². The van der Waals surface area contributed by atoms with Crippen molar-refractivity contribution >= 4 is 28.9 Å². The van der Waals surface area contributed by atoms with Crippen molar-refractivity contribution in [1.29, 1.82) is 0 Å². The highest BCUT2D eigenvalue weighted by Gasteiger charge is 2.25. The van der Waals surface area contributed by atoms with Gasteiger partial charge in [0.1, 0.15) is 6.54 Å². The topological polar surface area (TPSA) is 144 Å². The molecule has 0 radical (unpaired) electrons. The molecule has 0 spiro atoms. The second-order valence-corrected chi connectivity index (χ2v) is 4.87. The average Bonchev–Trinajstić information content (AvgIpc) is 2.59. The first-order valence-electron chi connectivity index (χ1n) is 6.82. The van der Waals surface area contributed by atoms with Crippen LogP contribution in [0.4, 0.5) is 17.1 Å². The molecule has 0 saturated heterocycles. The van der Waals surface area contributed by atoms with E-state index in [0.717, 1.165) is 23.1 Å². The van der Waals surface area contributed by atoms with Crippen molar-refractivity contribution in [2.45, 2.75) is 0 Å². The summed E-state index contributed by atoms with van der Waals surface area (Å²) < 4.78 is 0. The van der Waals surface area contributed by atoms with Gasteiger partial charge >= 0.3 is 5.97 Å².